The van der Waals surface area contributed by atoms with Gasteiger partial charge in [0.1, 0.15) is 11.1 Å². The zero-order valence-corrected chi connectivity index (χ0v) is 20.1. The number of hydrogen-bond donors (Lipinski definition) is 1. The molecule has 1 fully saturated rings. The summed E-state index contributed by atoms with van der Waals surface area (Å²) in [5, 5.41) is 4.14. The monoisotopic (exact) mass is 491 g/mol. The lowest BCUT2D eigenvalue weighted by atomic mass is 10.2. The van der Waals surface area contributed by atoms with E-state index >= 15 is 0 Å². The number of anilines is 1. The Kier molecular flexibility index (Phi) is 6.59. The first kappa shape index (κ1) is 23.2. The number of nitrogens with one attached hydrogen (secondary N) is 1. The van der Waals surface area contributed by atoms with Crippen LogP contribution < -0.4 is 10.9 Å². The Hall–Kier alpha value is -3.59. The van der Waals surface area contributed by atoms with Gasteiger partial charge in [0.15, 0.2) is 5.16 Å². The number of para-hydroxylation sites is 1. The van der Waals surface area contributed by atoms with E-state index in [1.807, 2.05) is 24.3 Å². The molecule has 9 heteroatoms. The van der Waals surface area contributed by atoms with Gasteiger partial charge in [-0.05, 0) is 56.2 Å². The summed E-state index contributed by atoms with van der Waals surface area (Å²) in [5.41, 5.74) is 2.20. The Balaban J connectivity index is 1.38. The lowest BCUT2D eigenvalue weighted by Crippen LogP contribution is -2.26. The van der Waals surface area contributed by atoms with Crippen LogP contribution in [-0.4, -0.2) is 33.8 Å². The second-order valence-electron chi connectivity index (χ2n) is 8.42. The van der Waals surface area contributed by atoms with E-state index < -0.39 is 5.97 Å². The molecule has 5 rings (SSSR count). The van der Waals surface area contributed by atoms with Gasteiger partial charge in [0.2, 0.25) is 11.5 Å². The molecule has 1 aliphatic carbocycles. The summed E-state index contributed by atoms with van der Waals surface area (Å²) in [5.74, 6) is -0.553. The van der Waals surface area contributed by atoms with Crippen LogP contribution in [0.1, 0.15) is 49.0 Å². The Morgan fingerprint density at radius 3 is 2.63 bits per heavy atom. The Morgan fingerprint density at radius 2 is 1.89 bits per heavy atom. The maximum Gasteiger partial charge on any atom is 0.338 e. The molecule has 0 atom stereocenters. The molecule has 8 nitrogen and oxygen atoms in total. The molecule has 1 amide bonds. The van der Waals surface area contributed by atoms with Crippen LogP contribution in [-0.2, 0) is 9.53 Å². The van der Waals surface area contributed by atoms with E-state index in [1.165, 1.54) is 11.8 Å². The SMILES string of the molecule is CCOC(=O)c1ccc(NC(=O)CSc2nc3c(oc4ccccc43)c(=O)n2C2CCCC2)cc1. The van der Waals surface area contributed by atoms with Gasteiger partial charge >= 0.3 is 5.97 Å². The van der Waals surface area contributed by atoms with Crippen molar-refractivity contribution >= 4 is 51.4 Å². The maximum atomic E-state index is 13.5. The fourth-order valence-electron chi connectivity index (χ4n) is 4.45. The number of thioether (sulfide) groups is 1. The fourth-order valence-corrected chi connectivity index (χ4v) is 5.31. The number of fused-ring (bicyclic) bond motifs is 3. The molecule has 0 bridgehead atoms. The Labute approximate surface area is 205 Å². The minimum atomic E-state index is -0.404. The van der Waals surface area contributed by atoms with Crippen LogP contribution in [0.25, 0.3) is 22.1 Å². The molecule has 0 spiro atoms. The molecule has 2 aromatic heterocycles. The first-order chi connectivity index (χ1) is 17.0. The van der Waals surface area contributed by atoms with E-state index in [9.17, 15) is 14.4 Å². The van der Waals surface area contributed by atoms with E-state index in [4.69, 9.17) is 14.1 Å². The summed E-state index contributed by atoms with van der Waals surface area (Å²) in [6.07, 6.45) is 3.92. The largest absolute Gasteiger partial charge is 0.462 e. The third-order valence-electron chi connectivity index (χ3n) is 6.10. The van der Waals surface area contributed by atoms with Gasteiger partial charge in [-0.1, -0.05) is 36.7 Å². The molecule has 180 valence electrons. The first-order valence-corrected chi connectivity index (χ1v) is 12.7. The number of aromatic nitrogens is 2. The second-order valence-corrected chi connectivity index (χ2v) is 9.36. The smallest absolute Gasteiger partial charge is 0.338 e. The van der Waals surface area contributed by atoms with Crippen molar-refractivity contribution in [2.75, 3.05) is 17.7 Å². The number of nitrogens with zero attached hydrogens (tertiary/aromatic N) is 2. The van der Waals surface area contributed by atoms with Crippen LogP contribution in [0, 0.1) is 0 Å². The number of rotatable bonds is 7. The highest BCUT2D eigenvalue weighted by molar-refractivity contribution is 7.99. The van der Waals surface area contributed by atoms with E-state index in [2.05, 4.69) is 5.32 Å². The van der Waals surface area contributed by atoms with Crippen LogP contribution in [0.15, 0.2) is 62.9 Å². The summed E-state index contributed by atoms with van der Waals surface area (Å²) in [4.78, 5) is 42.7. The second kappa shape index (κ2) is 9.95. The molecule has 0 radical (unpaired) electrons. The highest BCUT2D eigenvalue weighted by Crippen LogP contribution is 2.34. The molecule has 2 heterocycles. The lowest BCUT2D eigenvalue weighted by molar-refractivity contribution is -0.113. The third kappa shape index (κ3) is 4.68. The van der Waals surface area contributed by atoms with Gasteiger partial charge in [-0.25, -0.2) is 9.78 Å². The Morgan fingerprint density at radius 1 is 1.14 bits per heavy atom. The molecular formula is C26H25N3O5S. The average molecular weight is 492 g/mol. The van der Waals surface area contributed by atoms with Crippen molar-refractivity contribution in [3.8, 4) is 0 Å². The molecule has 0 aliphatic heterocycles. The molecule has 1 saturated carbocycles. The molecule has 0 saturated heterocycles. The van der Waals surface area contributed by atoms with Crippen LogP contribution in [0.3, 0.4) is 0 Å². The Bertz CT molecular complexity index is 1450. The fraction of sp³-hybridized carbons (Fsp3) is 0.308. The zero-order valence-electron chi connectivity index (χ0n) is 19.3. The number of esters is 1. The summed E-state index contributed by atoms with van der Waals surface area (Å²) in [6.45, 7) is 2.05. The van der Waals surface area contributed by atoms with Gasteiger partial charge in [-0.3, -0.25) is 14.2 Å². The van der Waals surface area contributed by atoms with Crippen molar-refractivity contribution in [1.82, 2.24) is 9.55 Å². The average Bonchev–Trinajstić information content (AvgIpc) is 3.52. The van der Waals surface area contributed by atoms with Gasteiger partial charge in [0, 0.05) is 17.1 Å². The molecule has 1 aliphatic rings. The van der Waals surface area contributed by atoms with Gasteiger partial charge in [-0.2, -0.15) is 0 Å². The van der Waals surface area contributed by atoms with E-state index in [0.29, 0.717) is 34.1 Å². The standard InChI is InChI=1S/C26H25N3O5S/c1-2-33-25(32)16-11-13-17(14-12-16)27-21(30)15-35-26-28-22-19-9-5-6-10-20(19)34-23(22)24(31)29(26)18-7-3-4-8-18/h5-6,9-14,18H,2-4,7-8,15H2,1H3,(H,27,30). The maximum absolute atomic E-state index is 13.5. The predicted octanol–water partition coefficient (Wildman–Crippen LogP) is 5.17. The number of carbonyl (C=O) groups excluding carboxylic acids is 2. The number of furan rings is 1. The van der Waals surface area contributed by atoms with Gasteiger partial charge in [0.25, 0.3) is 5.56 Å². The number of benzene rings is 2. The van der Waals surface area contributed by atoms with Crippen LogP contribution in [0.4, 0.5) is 5.69 Å². The summed E-state index contributed by atoms with van der Waals surface area (Å²) in [7, 11) is 0. The molecular weight excluding hydrogens is 466 g/mol. The van der Waals surface area contributed by atoms with E-state index in [1.54, 1.807) is 35.8 Å². The predicted molar refractivity (Wildman–Crippen MR) is 135 cm³/mol. The summed E-state index contributed by atoms with van der Waals surface area (Å²) < 4.78 is 12.6. The van der Waals surface area contributed by atoms with Gasteiger partial charge < -0.3 is 14.5 Å². The minimum absolute atomic E-state index is 0.0496. The molecule has 0 unspecified atom stereocenters. The summed E-state index contributed by atoms with van der Waals surface area (Å²) >= 11 is 1.24. The third-order valence-corrected chi connectivity index (χ3v) is 7.05. The van der Waals surface area contributed by atoms with Crippen molar-refractivity contribution in [2.24, 2.45) is 0 Å². The topological polar surface area (TPSA) is 103 Å². The van der Waals surface area contributed by atoms with Crippen molar-refractivity contribution in [3.63, 3.8) is 0 Å². The number of ether oxygens (including phenoxy) is 1. The van der Waals surface area contributed by atoms with Crippen molar-refractivity contribution < 1.29 is 18.7 Å². The number of amides is 1. The lowest BCUT2D eigenvalue weighted by Gasteiger charge is -2.17. The van der Waals surface area contributed by atoms with Crippen LogP contribution in [0.5, 0.6) is 0 Å². The van der Waals surface area contributed by atoms with Crippen molar-refractivity contribution in [3.05, 3.63) is 64.4 Å². The van der Waals surface area contributed by atoms with Crippen molar-refractivity contribution in [2.45, 2.75) is 43.8 Å². The summed E-state index contributed by atoms with van der Waals surface area (Å²) in [6, 6.07) is 14.0. The van der Waals surface area contributed by atoms with E-state index in [-0.39, 0.29) is 28.8 Å². The van der Waals surface area contributed by atoms with Crippen LogP contribution >= 0.6 is 11.8 Å². The van der Waals surface area contributed by atoms with Gasteiger partial charge in [-0.15, -0.1) is 0 Å². The number of hydrogen-bond acceptors (Lipinski definition) is 7. The highest BCUT2D eigenvalue weighted by atomic mass is 32.2. The molecule has 4 aromatic rings. The zero-order chi connectivity index (χ0) is 24.4. The van der Waals surface area contributed by atoms with Gasteiger partial charge in [0.05, 0.1) is 17.9 Å². The molecule has 35 heavy (non-hydrogen) atoms. The van der Waals surface area contributed by atoms with Crippen LogP contribution in [0.2, 0.25) is 0 Å². The highest BCUT2D eigenvalue weighted by Gasteiger charge is 2.25. The minimum Gasteiger partial charge on any atom is -0.462 e. The quantitative estimate of drug-likeness (QED) is 0.216. The molecule has 2 aromatic carbocycles. The first-order valence-electron chi connectivity index (χ1n) is 11.7. The van der Waals surface area contributed by atoms with E-state index in [0.717, 1.165) is 31.1 Å². The normalized spacial score (nSPS) is 14.0. The molecule has 1 N–H and O–H groups in total. The number of carbonyl (C=O) groups is 2. The van der Waals surface area contributed by atoms with Crippen molar-refractivity contribution in [1.29, 1.82) is 0 Å².